The van der Waals surface area contributed by atoms with Crippen molar-refractivity contribution >= 4 is 17.9 Å². The fourth-order valence-corrected chi connectivity index (χ4v) is 1.46. The van der Waals surface area contributed by atoms with Crippen LogP contribution < -0.4 is 10.6 Å². The summed E-state index contributed by atoms with van der Waals surface area (Å²) in [5.74, 6) is -1.72. The molecule has 1 rings (SSSR count). The first-order chi connectivity index (χ1) is 10.7. The van der Waals surface area contributed by atoms with Gasteiger partial charge in [0, 0.05) is 0 Å². The number of carbonyl (C=O) groups is 3. The van der Waals surface area contributed by atoms with E-state index in [2.05, 4.69) is 4.74 Å². The molecule has 0 aliphatic rings. The summed E-state index contributed by atoms with van der Waals surface area (Å²) in [4.78, 5) is 33.7. The van der Waals surface area contributed by atoms with Gasteiger partial charge in [0.1, 0.15) is 6.54 Å². The summed E-state index contributed by atoms with van der Waals surface area (Å²) in [5.41, 5.74) is 1.70. The molecule has 0 aliphatic heterocycles. The van der Waals surface area contributed by atoms with Crippen molar-refractivity contribution in [2.24, 2.45) is 0 Å². The van der Waals surface area contributed by atoms with Crippen LogP contribution in [0.25, 0.3) is 0 Å². The lowest BCUT2D eigenvalue weighted by molar-refractivity contribution is -0.147. The highest BCUT2D eigenvalue weighted by molar-refractivity contribution is 5.95. The van der Waals surface area contributed by atoms with Crippen LogP contribution >= 0.6 is 0 Å². The molecule has 9 heteroatoms. The molecule has 0 radical (unpaired) electrons. The number of halogens is 3. The van der Waals surface area contributed by atoms with Gasteiger partial charge in [0.25, 0.3) is 5.91 Å². The highest BCUT2D eigenvalue weighted by atomic mass is 19.4. The predicted octanol–water partition coefficient (Wildman–Crippen LogP) is 1.47. The van der Waals surface area contributed by atoms with Crippen LogP contribution in [-0.4, -0.2) is 37.2 Å². The van der Waals surface area contributed by atoms with E-state index in [-0.39, 0.29) is 6.42 Å². The molecule has 2 N–H and O–H groups in total. The van der Waals surface area contributed by atoms with E-state index in [1.165, 1.54) is 5.32 Å². The fraction of sp³-hybridized carbons (Fsp3) is 0.357. The highest BCUT2D eigenvalue weighted by Gasteiger charge is 2.28. The van der Waals surface area contributed by atoms with Crippen LogP contribution in [0.15, 0.2) is 24.3 Å². The van der Waals surface area contributed by atoms with Gasteiger partial charge in [0.2, 0.25) is 0 Å². The molecule has 0 spiro atoms. The molecule has 0 aliphatic carbocycles. The van der Waals surface area contributed by atoms with E-state index in [1.54, 1.807) is 29.6 Å². The third-order valence-corrected chi connectivity index (χ3v) is 2.54. The molecule has 0 bridgehead atoms. The number of urea groups is 1. The van der Waals surface area contributed by atoms with Gasteiger partial charge in [-0.05, 0) is 12.5 Å². The predicted molar refractivity (Wildman–Crippen MR) is 73.4 cm³/mol. The van der Waals surface area contributed by atoms with Crippen LogP contribution in [0.3, 0.4) is 0 Å². The number of imide groups is 1. The fourth-order valence-electron chi connectivity index (χ4n) is 1.46. The Bertz CT molecular complexity index is 570. The summed E-state index contributed by atoms with van der Waals surface area (Å²) in [7, 11) is 0. The van der Waals surface area contributed by atoms with E-state index >= 15 is 0 Å². The molecule has 0 saturated heterocycles. The van der Waals surface area contributed by atoms with Crippen LogP contribution in [0.2, 0.25) is 0 Å². The molecule has 3 amide bonds. The van der Waals surface area contributed by atoms with Gasteiger partial charge in [-0.2, -0.15) is 13.2 Å². The summed E-state index contributed by atoms with van der Waals surface area (Å²) in [6.45, 7) is -0.445. The van der Waals surface area contributed by atoms with E-state index in [9.17, 15) is 27.6 Å². The first-order valence-electron chi connectivity index (χ1n) is 6.51. The third-order valence-electron chi connectivity index (χ3n) is 2.54. The SMILES string of the molecule is Cc1ccc(CC(=O)OCC(=O)NC(=O)NCC(F)(F)F)cc1. The number of benzene rings is 1. The van der Waals surface area contributed by atoms with Crippen molar-refractivity contribution in [1.82, 2.24) is 10.6 Å². The summed E-state index contributed by atoms with van der Waals surface area (Å²) in [5, 5.41) is 3.06. The molecule has 0 heterocycles. The van der Waals surface area contributed by atoms with Crippen LogP contribution in [0.4, 0.5) is 18.0 Å². The highest BCUT2D eigenvalue weighted by Crippen LogP contribution is 2.11. The topological polar surface area (TPSA) is 84.5 Å². The molecule has 23 heavy (non-hydrogen) atoms. The number of ether oxygens (including phenoxy) is 1. The zero-order valence-electron chi connectivity index (χ0n) is 12.2. The summed E-state index contributed by atoms with van der Waals surface area (Å²) in [6.07, 6.45) is -4.64. The standard InChI is InChI=1S/C14H15F3N2O4/c1-9-2-4-10(5-3-9)6-12(21)23-7-11(20)19-13(22)18-8-14(15,16)17/h2-5H,6-8H2,1H3,(H2,18,19,20,22). The minimum absolute atomic E-state index is 0.0617. The second-order valence-electron chi connectivity index (χ2n) is 4.67. The number of esters is 1. The smallest absolute Gasteiger partial charge is 0.405 e. The van der Waals surface area contributed by atoms with Crippen LogP contribution in [0, 0.1) is 6.92 Å². The van der Waals surface area contributed by atoms with Crippen LogP contribution in [0.5, 0.6) is 0 Å². The second kappa shape index (κ2) is 8.16. The quantitative estimate of drug-likeness (QED) is 0.800. The lowest BCUT2D eigenvalue weighted by Crippen LogP contribution is -2.44. The van der Waals surface area contributed by atoms with E-state index in [4.69, 9.17) is 0 Å². The number of aryl methyl sites for hydroxylation is 1. The number of rotatable bonds is 5. The molecule has 0 saturated carbocycles. The minimum atomic E-state index is -4.58. The summed E-state index contributed by atoms with van der Waals surface area (Å²) < 4.78 is 40.2. The number of nitrogens with one attached hydrogen (secondary N) is 2. The Morgan fingerprint density at radius 3 is 2.30 bits per heavy atom. The van der Waals surface area contributed by atoms with E-state index < -0.39 is 37.2 Å². The monoisotopic (exact) mass is 332 g/mol. The van der Waals surface area contributed by atoms with Gasteiger partial charge in [-0.25, -0.2) is 4.79 Å². The Balaban J connectivity index is 2.28. The zero-order valence-corrected chi connectivity index (χ0v) is 12.2. The van der Waals surface area contributed by atoms with Crippen molar-refractivity contribution in [3.05, 3.63) is 35.4 Å². The summed E-state index contributed by atoms with van der Waals surface area (Å²) in [6, 6.07) is 5.74. The van der Waals surface area contributed by atoms with Gasteiger partial charge >= 0.3 is 18.2 Å². The van der Waals surface area contributed by atoms with Gasteiger partial charge < -0.3 is 10.1 Å². The molecule has 1 aromatic rings. The van der Waals surface area contributed by atoms with Crippen molar-refractivity contribution < 1.29 is 32.3 Å². The maximum atomic E-state index is 11.8. The van der Waals surface area contributed by atoms with Crippen molar-refractivity contribution in [3.8, 4) is 0 Å². The third kappa shape index (κ3) is 8.44. The zero-order chi connectivity index (χ0) is 17.5. The van der Waals surface area contributed by atoms with E-state index in [0.717, 1.165) is 5.56 Å². The van der Waals surface area contributed by atoms with Gasteiger partial charge in [0.15, 0.2) is 6.61 Å². The average Bonchev–Trinajstić information content (AvgIpc) is 2.45. The molecule has 0 aromatic heterocycles. The number of hydrogen-bond acceptors (Lipinski definition) is 4. The van der Waals surface area contributed by atoms with Crippen molar-refractivity contribution in [2.45, 2.75) is 19.5 Å². The molecule has 0 unspecified atom stereocenters. The molecular weight excluding hydrogens is 317 g/mol. The van der Waals surface area contributed by atoms with E-state index in [0.29, 0.717) is 5.56 Å². The number of hydrogen-bond donors (Lipinski definition) is 2. The number of alkyl halides is 3. The lowest BCUT2D eigenvalue weighted by atomic mass is 10.1. The normalized spacial score (nSPS) is 10.8. The molecule has 126 valence electrons. The Kier molecular flexibility index (Phi) is 6.55. The first kappa shape index (κ1) is 18.5. The van der Waals surface area contributed by atoms with Crippen molar-refractivity contribution in [2.75, 3.05) is 13.2 Å². The number of carbonyl (C=O) groups excluding carboxylic acids is 3. The summed E-state index contributed by atoms with van der Waals surface area (Å²) >= 11 is 0. The maximum absolute atomic E-state index is 11.8. The Morgan fingerprint density at radius 2 is 1.74 bits per heavy atom. The molecule has 6 nitrogen and oxygen atoms in total. The first-order valence-corrected chi connectivity index (χ1v) is 6.51. The minimum Gasteiger partial charge on any atom is -0.455 e. The van der Waals surface area contributed by atoms with Gasteiger partial charge in [-0.3, -0.25) is 14.9 Å². The Morgan fingerprint density at radius 1 is 1.13 bits per heavy atom. The molecule has 1 aromatic carbocycles. The lowest BCUT2D eigenvalue weighted by Gasteiger charge is -2.09. The largest absolute Gasteiger partial charge is 0.455 e. The molecule has 0 atom stereocenters. The molecular formula is C14H15F3N2O4. The van der Waals surface area contributed by atoms with Crippen LogP contribution in [0.1, 0.15) is 11.1 Å². The van der Waals surface area contributed by atoms with Crippen LogP contribution in [-0.2, 0) is 20.7 Å². The Hall–Kier alpha value is -2.58. The second-order valence-corrected chi connectivity index (χ2v) is 4.67. The van der Waals surface area contributed by atoms with Gasteiger partial charge in [-0.1, -0.05) is 29.8 Å². The Labute approximate surface area is 130 Å². The molecule has 0 fully saturated rings. The van der Waals surface area contributed by atoms with Gasteiger partial charge in [0.05, 0.1) is 6.42 Å². The number of amides is 3. The van der Waals surface area contributed by atoms with Crippen molar-refractivity contribution in [1.29, 1.82) is 0 Å². The maximum Gasteiger partial charge on any atom is 0.405 e. The van der Waals surface area contributed by atoms with E-state index in [1.807, 2.05) is 6.92 Å². The average molecular weight is 332 g/mol. The van der Waals surface area contributed by atoms with Crippen molar-refractivity contribution in [3.63, 3.8) is 0 Å². The van der Waals surface area contributed by atoms with Gasteiger partial charge in [-0.15, -0.1) is 0 Å².